The number of aryl methyl sites for hydroxylation is 1. The van der Waals surface area contributed by atoms with E-state index in [0.717, 1.165) is 28.2 Å². The molecule has 3 N–H and O–H groups in total. The van der Waals surface area contributed by atoms with E-state index >= 15 is 0 Å². The summed E-state index contributed by atoms with van der Waals surface area (Å²) in [6, 6.07) is 5.85. The largest absolute Gasteiger partial charge is 0.381 e. The quantitative estimate of drug-likeness (QED) is 0.783. The number of rotatable bonds is 5. The van der Waals surface area contributed by atoms with Gasteiger partial charge in [0.15, 0.2) is 0 Å². The number of hydrogen-bond donors (Lipinski definition) is 3. The van der Waals surface area contributed by atoms with Gasteiger partial charge in [0.1, 0.15) is 0 Å². The smallest absolute Gasteiger partial charge is 0.224 e. The van der Waals surface area contributed by atoms with Gasteiger partial charge in [-0.25, -0.2) is 0 Å². The van der Waals surface area contributed by atoms with Crippen LogP contribution in [0.1, 0.15) is 30.2 Å². The molecule has 0 fully saturated rings. The number of anilines is 2. The lowest BCUT2D eigenvalue weighted by molar-refractivity contribution is -0.115. The molecule has 2 aromatic rings. The third-order valence-corrected chi connectivity index (χ3v) is 3.33. The van der Waals surface area contributed by atoms with Crippen LogP contribution in [0.5, 0.6) is 0 Å². The first-order chi connectivity index (χ1) is 9.61. The lowest BCUT2D eigenvalue weighted by Gasteiger charge is -2.13. The van der Waals surface area contributed by atoms with Crippen molar-refractivity contribution in [3.05, 3.63) is 41.2 Å². The highest BCUT2D eigenvalue weighted by atomic mass is 16.1. The van der Waals surface area contributed by atoms with Gasteiger partial charge in [0.25, 0.3) is 0 Å². The van der Waals surface area contributed by atoms with Crippen molar-refractivity contribution in [3.8, 4) is 0 Å². The molecule has 5 nitrogen and oxygen atoms in total. The molecular weight excluding hydrogens is 252 g/mol. The van der Waals surface area contributed by atoms with E-state index in [2.05, 4.69) is 20.8 Å². The molecule has 0 aliphatic rings. The summed E-state index contributed by atoms with van der Waals surface area (Å²) < 4.78 is 0. The molecule has 0 saturated heterocycles. The van der Waals surface area contributed by atoms with Crippen LogP contribution >= 0.6 is 0 Å². The first-order valence-electron chi connectivity index (χ1n) is 6.74. The number of nitrogens with one attached hydrogen (secondary N) is 3. The normalized spacial score (nSPS) is 10.3. The number of H-pyrrole nitrogens is 1. The molecule has 106 valence electrons. The highest BCUT2D eigenvalue weighted by Gasteiger charge is 2.07. The topological polar surface area (TPSA) is 69.8 Å². The van der Waals surface area contributed by atoms with E-state index in [0.29, 0.717) is 13.0 Å². The lowest BCUT2D eigenvalue weighted by atomic mass is 10.1. The van der Waals surface area contributed by atoms with Crippen LogP contribution in [0.15, 0.2) is 24.4 Å². The van der Waals surface area contributed by atoms with Crippen molar-refractivity contribution >= 4 is 17.3 Å². The zero-order valence-electron chi connectivity index (χ0n) is 12.1. The van der Waals surface area contributed by atoms with E-state index in [1.54, 1.807) is 0 Å². The molecule has 0 aliphatic carbocycles. The minimum atomic E-state index is 0.0240. The van der Waals surface area contributed by atoms with Crippen LogP contribution < -0.4 is 10.6 Å². The number of hydrogen-bond acceptors (Lipinski definition) is 3. The highest BCUT2D eigenvalue weighted by Crippen LogP contribution is 2.24. The van der Waals surface area contributed by atoms with Crippen molar-refractivity contribution < 1.29 is 4.79 Å². The Labute approximate surface area is 118 Å². The summed E-state index contributed by atoms with van der Waals surface area (Å²) in [6.45, 7) is 6.54. The number of carbonyl (C=O) groups excluding carboxylic acids is 1. The monoisotopic (exact) mass is 272 g/mol. The molecule has 1 aromatic carbocycles. The van der Waals surface area contributed by atoms with Gasteiger partial charge >= 0.3 is 0 Å². The second-order valence-corrected chi connectivity index (χ2v) is 4.75. The third-order valence-electron chi connectivity index (χ3n) is 3.33. The molecule has 0 aliphatic heterocycles. The number of nitrogens with zero attached hydrogens (tertiary/aromatic N) is 1. The number of benzene rings is 1. The van der Waals surface area contributed by atoms with Gasteiger partial charge in [-0.3, -0.25) is 9.89 Å². The van der Waals surface area contributed by atoms with Crippen molar-refractivity contribution in [1.82, 2.24) is 10.2 Å². The first-order valence-corrected chi connectivity index (χ1v) is 6.74. The summed E-state index contributed by atoms with van der Waals surface area (Å²) in [6.07, 6.45) is 2.30. The number of carbonyl (C=O) groups is 1. The molecule has 0 unspecified atom stereocenters. The Morgan fingerprint density at radius 2 is 2.05 bits per heavy atom. The second kappa shape index (κ2) is 6.23. The lowest BCUT2D eigenvalue weighted by Crippen LogP contribution is -2.11. The molecule has 1 aromatic heterocycles. The molecule has 0 bridgehead atoms. The van der Waals surface area contributed by atoms with Crippen molar-refractivity contribution in [3.63, 3.8) is 0 Å². The number of aromatic amines is 1. The molecular formula is C15H20N4O. The fraction of sp³-hybridized carbons (Fsp3) is 0.333. The van der Waals surface area contributed by atoms with Crippen LogP contribution in [0.4, 0.5) is 11.4 Å². The van der Waals surface area contributed by atoms with Crippen LogP contribution in [-0.2, 0) is 11.3 Å². The van der Waals surface area contributed by atoms with Crippen LogP contribution in [0.3, 0.4) is 0 Å². The Balaban J connectivity index is 2.10. The third kappa shape index (κ3) is 3.17. The fourth-order valence-electron chi connectivity index (χ4n) is 1.95. The molecule has 20 heavy (non-hydrogen) atoms. The van der Waals surface area contributed by atoms with Crippen molar-refractivity contribution in [1.29, 1.82) is 0 Å². The maximum atomic E-state index is 11.5. The Bertz CT molecular complexity index is 604. The van der Waals surface area contributed by atoms with Crippen LogP contribution in [0.25, 0.3) is 0 Å². The van der Waals surface area contributed by atoms with E-state index in [1.165, 1.54) is 0 Å². The SMILES string of the molecule is CCC(=O)Nc1cccc(NCc2cn[nH]c2C)c1C. The van der Waals surface area contributed by atoms with Gasteiger partial charge < -0.3 is 10.6 Å². The summed E-state index contributed by atoms with van der Waals surface area (Å²) >= 11 is 0. The molecule has 5 heteroatoms. The van der Waals surface area contributed by atoms with Gasteiger partial charge in [-0.1, -0.05) is 13.0 Å². The van der Waals surface area contributed by atoms with Gasteiger partial charge in [-0.2, -0.15) is 5.10 Å². The highest BCUT2D eigenvalue weighted by molar-refractivity contribution is 5.92. The summed E-state index contributed by atoms with van der Waals surface area (Å²) in [4.78, 5) is 11.5. The average Bonchev–Trinajstić information content (AvgIpc) is 2.85. The number of amides is 1. The zero-order valence-corrected chi connectivity index (χ0v) is 12.1. The Morgan fingerprint density at radius 3 is 2.70 bits per heavy atom. The van der Waals surface area contributed by atoms with E-state index in [4.69, 9.17) is 0 Å². The van der Waals surface area contributed by atoms with E-state index in [-0.39, 0.29) is 5.91 Å². The minimum Gasteiger partial charge on any atom is -0.381 e. The second-order valence-electron chi connectivity index (χ2n) is 4.75. The summed E-state index contributed by atoms with van der Waals surface area (Å²) in [5, 5.41) is 13.2. The summed E-state index contributed by atoms with van der Waals surface area (Å²) in [7, 11) is 0. The Morgan fingerprint density at radius 1 is 1.30 bits per heavy atom. The van der Waals surface area contributed by atoms with Gasteiger partial charge in [0, 0.05) is 35.6 Å². The molecule has 0 saturated carbocycles. The average molecular weight is 272 g/mol. The molecule has 1 heterocycles. The van der Waals surface area contributed by atoms with Crippen LogP contribution in [0, 0.1) is 13.8 Å². The molecule has 0 spiro atoms. The van der Waals surface area contributed by atoms with Crippen molar-refractivity contribution in [2.75, 3.05) is 10.6 Å². The zero-order chi connectivity index (χ0) is 14.5. The Hall–Kier alpha value is -2.30. The van der Waals surface area contributed by atoms with E-state index < -0.39 is 0 Å². The molecule has 1 amide bonds. The summed E-state index contributed by atoms with van der Waals surface area (Å²) in [5.41, 5.74) is 5.10. The van der Waals surface area contributed by atoms with Gasteiger partial charge in [-0.15, -0.1) is 0 Å². The minimum absolute atomic E-state index is 0.0240. The number of aromatic nitrogens is 2. The van der Waals surface area contributed by atoms with Gasteiger partial charge in [0.05, 0.1) is 6.20 Å². The maximum absolute atomic E-state index is 11.5. The van der Waals surface area contributed by atoms with Gasteiger partial charge in [0.2, 0.25) is 5.91 Å². The first kappa shape index (κ1) is 14.1. The van der Waals surface area contributed by atoms with Crippen molar-refractivity contribution in [2.45, 2.75) is 33.7 Å². The fourth-order valence-corrected chi connectivity index (χ4v) is 1.95. The Kier molecular flexibility index (Phi) is 4.40. The standard InChI is InChI=1S/C15H20N4O/c1-4-15(20)18-14-7-5-6-13(10(14)2)16-8-12-9-17-19-11(12)3/h5-7,9,16H,4,8H2,1-3H3,(H,17,19)(H,18,20). The van der Waals surface area contributed by atoms with Crippen LogP contribution in [-0.4, -0.2) is 16.1 Å². The maximum Gasteiger partial charge on any atom is 0.224 e. The summed E-state index contributed by atoms with van der Waals surface area (Å²) in [5.74, 6) is 0.0240. The molecule has 0 radical (unpaired) electrons. The van der Waals surface area contributed by atoms with Crippen molar-refractivity contribution in [2.24, 2.45) is 0 Å². The van der Waals surface area contributed by atoms with Crippen LogP contribution in [0.2, 0.25) is 0 Å². The predicted octanol–water partition coefficient (Wildman–Crippen LogP) is 2.99. The van der Waals surface area contributed by atoms with Gasteiger partial charge in [-0.05, 0) is 31.5 Å². The molecule has 0 atom stereocenters. The predicted molar refractivity (Wildman–Crippen MR) is 80.8 cm³/mol. The van der Waals surface area contributed by atoms with E-state index in [1.807, 2.05) is 45.2 Å². The van der Waals surface area contributed by atoms with E-state index in [9.17, 15) is 4.79 Å². The molecule has 2 rings (SSSR count).